The number of rotatable bonds is 4. The molecule has 0 radical (unpaired) electrons. The maximum absolute atomic E-state index is 12.9. The van der Waals surface area contributed by atoms with Gasteiger partial charge in [-0.15, -0.1) is 5.10 Å². The summed E-state index contributed by atoms with van der Waals surface area (Å²) >= 11 is 0. The summed E-state index contributed by atoms with van der Waals surface area (Å²) in [6, 6.07) is 20.9. The standard InChI is InChI=1S/C20H15N3O2/c1-25-18-10-8-17(9-11-18)23-19(13-21-22-23)20(24)16-7-6-14-4-2-3-5-15(14)12-16/h2-13H,1H3. The van der Waals surface area contributed by atoms with Crippen molar-refractivity contribution in [1.29, 1.82) is 0 Å². The first-order valence-electron chi connectivity index (χ1n) is 7.85. The van der Waals surface area contributed by atoms with Crippen molar-refractivity contribution in [1.82, 2.24) is 15.0 Å². The average Bonchev–Trinajstić information content (AvgIpc) is 3.17. The Morgan fingerprint density at radius 3 is 2.48 bits per heavy atom. The van der Waals surface area contributed by atoms with Gasteiger partial charge in [-0.05, 0) is 41.1 Å². The molecule has 3 aromatic carbocycles. The van der Waals surface area contributed by atoms with Crippen LogP contribution in [0.5, 0.6) is 5.75 Å². The first kappa shape index (κ1) is 15.1. The molecule has 0 aliphatic heterocycles. The molecule has 4 aromatic rings. The molecule has 0 bridgehead atoms. The van der Waals surface area contributed by atoms with E-state index in [0.717, 1.165) is 22.2 Å². The van der Waals surface area contributed by atoms with Crippen LogP contribution in [0, 0.1) is 0 Å². The minimum Gasteiger partial charge on any atom is -0.497 e. The Balaban J connectivity index is 1.73. The molecule has 0 aliphatic carbocycles. The summed E-state index contributed by atoms with van der Waals surface area (Å²) in [5.74, 6) is 0.623. The molecule has 0 aliphatic rings. The van der Waals surface area contributed by atoms with Crippen LogP contribution in [0.4, 0.5) is 0 Å². The van der Waals surface area contributed by atoms with Crippen molar-refractivity contribution in [3.05, 3.63) is 84.2 Å². The number of aromatic nitrogens is 3. The molecule has 1 aromatic heterocycles. The van der Waals surface area contributed by atoms with Crippen LogP contribution in [0.15, 0.2) is 72.9 Å². The molecule has 5 nitrogen and oxygen atoms in total. The number of benzene rings is 3. The van der Waals surface area contributed by atoms with Crippen molar-refractivity contribution >= 4 is 16.6 Å². The number of nitrogens with zero attached hydrogens (tertiary/aromatic N) is 3. The zero-order valence-electron chi connectivity index (χ0n) is 13.6. The van der Waals surface area contributed by atoms with Gasteiger partial charge in [-0.2, -0.15) is 0 Å². The summed E-state index contributed by atoms with van der Waals surface area (Å²) in [7, 11) is 1.61. The monoisotopic (exact) mass is 329 g/mol. The first-order chi connectivity index (χ1) is 12.3. The van der Waals surface area contributed by atoms with Gasteiger partial charge in [0.2, 0.25) is 5.78 Å². The van der Waals surface area contributed by atoms with Crippen LogP contribution >= 0.6 is 0 Å². The second kappa shape index (κ2) is 6.20. The lowest BCUT2D eigenvalue weighted by molar-refractivity contribution is 0.103. The van der Waals surface area contributed by atoms with Crippen molar-refractivity contribution in [3.63, 3.8) is 0 Å². The summed E-state index contributed by atoms with van der Waals surface area (Å²) in [5, 5.41) is 10.1. The molecule has 25 heavy (non-hydrogen) atoms. The van der Waals surface area contributed by atoms with Gasteiger partial charge in [-0.1, -0.05) is 41.6 Å². The molecule has 0 atom stereocenters. The van der Waals surface area contributed by atoms with E-state index in [1.807, 2.05) is 66.7 Å². The molecule has 0 saturated heterocycles. The molecular formula is C20H15N3O2. The molecule has 0 amide bonds. The van der Waals surface area contributed by atoms with Crippen LogP contribution in [0.25, 0.3) is 16.5 Å². The first-order valence-corrected chi connectivity index (χ1v) is 7.85. The van der Waals surface area contributed by atoms with Crippen LogP contribution in [-0.4, -0.2) is 27.9 Å². The van der Waals surface area contributed by atoms with E-state index in [0.29, 0.717) is 11.3 Å². The SMILES string of the molecule is COc1ccc(-n2nncc2C(=O)c2ccc3ccccc3c2)cc1. The fourth-order valence-electron chi connectivity index (χ4n) is 2.78. The number of fused-ring (bicyclic) bond motifs is 1. The van der Waals surface area contributed by atoms with Crippen LogP contribution in [0.3, 0.4) is 0 Å². The minimum absolute atomic E-state index is 0.119. The molecule has 0 fully saturated rings. The number of ether oxygens (including phenoxy) is 1. The number of ketones is 1. The summed E-state index contributed by atoms with van der Waals surface area (Å²) < 4.78 is 6.70. The summed E-state index contributed by atoms with van der Waals surface area (Å²) in [5.41, 5.74) is 1.78. The Labute approximate surface area is 144 Å². The van der Waals surface area contributed by atoms with E-state index in [4.69, 9.17) is 4.74 Å². The summed E-state index contributed by atoms with van der Waals surface area (Å²) in [6.45, 7) is 0. The highest BCUT2D eigenvalue weighted by molar-refractivity contribution is 6.09. The van der Waals surface area contributed by atoms with Crippen LogP contribution < -0.4 is 4.74 Å². The van der Waals surface area contributed by atoms with Gasteiger partial charge in [0.05, 0.1) is 19.0 Å². The fourth-order valence-corrected chi connectivity index (χ4v) is 2.78. The minimum atomic E-state index is -0.119. The van der Waals surface area contributed by atoms with Gasteiger partial charge >= 0.3 is 0 Å². The van der Waals surface area contributed by atoms with Gasteiger partial charge in [0.1, 0.15) is 11.4 Å². The highest BCUT2D eigenvalue weighted by atomic mass is 16.5. The van der Waals surface area contributed by atoms with E-state index in [2.05, 4.69) is 10.3 Å². The third-order valence-corrected chi connectivity index (χ3v) is 4.11. The van der Waals surface area contributed by atoms with Crippen LogP contribution in [0.2, 0.25) is 0 Å². The molecule has 1 heterocycles. The normalized spacial score (nSPS) is 10.8. The number of carbonyl (C=O) groups excluding carboxylic acids is 1. The van der Waals surface area contributed by atoms with Gasteiger partial charge in [-0.25, -0.2) is 4.68 Å². The second-order valence-corrected chi connectivity index (χ2v) is 5.62. The summed E-state index contributed by atoms with van der Waals surface area (Å²) in [4.78, 5) is 12.9. The van der Waals surface area contributed by atoms with Crippen molar-refractivity contribution < 1.29 is 9.53 Å². The highest BCUT2D eigenvalue weighted by Gasteiger charge is 2.17. The lowest BCUT2D eigenvalue weighted by atomic mass is 10.0. The lowest BCUT2D eigenvalue weighted by Gasteiger charge is -2.07. The molecule has 5 heteroatoms. The zero-order valence-corrected chi connectivity index (χ0v) is 13.6. The Hall–Kier alpha value is -3.47. The van der Waals surface area contributed by atoms with E-state index in [9.17, 15) is 4.79 Å². The Bertz CT molecular complexity index is 1050. The number of hydrogen-bond acceptors (Lipinski definition) is 4. The lowest BCUT2D eigenvalue weighted by Crippen LogP contribution is -2.10. The molecular weight excluding hydrogens is 314 g/mol. The van der Waals surface area contributed by atoms with Gasteiger partial charge in [-0.3, -0.25) is 4.79 Å². The Morgan fingerprint density at radius 2 is 1.72 bits per heavy atom. The van der Waals surface area contributed by atoms with Gasteiger partial charge in [0.15, 0.2) is 0 Å². The molecule has 122 valence electrons. The van der Waals surface area contributed by atoms with E-state index in [1.54, 1.807) is 7.11 Å². The number of carbonyl (C=O) groups is 1. The smallest absolute Gasteiger partial charge is 0.213 e. The highest BCUT2D eigenvalue weighted by Crippen LogP contribution is 2.20. The van der Waals surface area contributed by atoms with E-state index in [1.165, 1.54) is 10.9 Å². The quantitative estimate of drug-likeness (QED) is 0.536. The molecule has 0 saturated carbocycles. The van der Waals surface area contributed by atoms with Gasteiger partial charge in [0, 0.05) is 5.56 Å². The predicted molar refractivity (Wildman–Crippen MR) is 95.3 cm³/mol. The van der Waals surface area contributed by atoms with Crippen molar-refractivity contribution in [2.75, 3.05) is 7.11 Å². The van der Waals surface area contributed by atoms with E-state index < -0.39 is 0 Å². The topological polar surface area (TPSA) is 57.0 Å². The third kappa shape index (κ3) is 2.76. The maximum atomic E-state index is 12.9. The van der Waals surface area contributed by atoms with Crippen molar-refractivity contribution in [2.24, 2.45) is 0 Å². The predicted octanol–water partition coefficient (Wildman–Crippen LogP) is 3.66. The summed E-state index contributed by atoms with van der Waals surface area (Å²) in [6.07, 6.45) is 1.49. The number of methoxy groups -OCH3 is 1. The second-order valence-electron chi connectivity index (χ2n) is 5.62. The molecule has 0 N–H and O–H groups in total. The molecule has 4 rings (SSSR count). The maximum Gasteiger partial charge on any atom is 0.213 e. The Morgan fingerprint density at radius 1 is 0.960 bits per heavy atom. The van der Waals surface area contributed by atoms with Crippen LogP contribution in [0.1, 0.15) is 16.1 Å². The fraction of sp³-hybridized carbons (Fsp3) is 0.0500. The third-order valence-electron chi connectivity index (χ3n) is 4.11. The zero-order chi connectivity index (χ0) is 17.2. The molecule has 0 spiro atoms. The molecule has 0 unspecified atom stereocenters. The van der Waals surface area contributed by atoms with Gasteiger partial charge in [0.25, 0.3) is 0 Å². The van der Waals surface area contributed by atoms with E-state index >= 15 is 0 Å². The van der Waals surface area contributed by atoms with Crippen LogP contribution in [-0.2, 0) is 0 Å². The van der Waals surface area contributed by atoms with Crippen molar-refractivity contribution in [2.45, 2.75) is 0 Å². The largest absolute Gasteiger partial charge is 0.497 e. The number of hydrogen-bond donors (Lipinski definition) is 0. The Kier molecular flexibility index (Phi) is 3.74. The van der Waals surface area contributed by atoms with Gasteiger partial charge < -0.3 is 4.74 Å². The average molecular weight is 329 g/mol. The van der Waals surface area contributed by atoms with E-state index in [-0.39, 0.29) is 5.78 Å². The van der Waals surface area contributed by atoms with Crippen molar-refractivity contribution in [3.8, 4) is 11.4 Å².